The Morgan fingerprint density at radius 1 is 0.673 bits per heavy atom. The van der Waals surface area contributed by atoms with Crippen LogP contribution >= 0.6 is 0 Å². The number of unbranched alkanes of at least 4 members (excludes halogenated alkanes) is 7. The predicted molar refractivity (Wildman–Crippen MR) is 188 cm³/mol. The molecule has 2 amide bonds. The van der Waals surface area contributed by atoms with E-state index in [0.29, 0.717) is 12.4 Å². The van der Waals surface area contributed by atoms with E-state index >= 15 is 0 Å². The van der Waals surface area contributed by atoms with Gasteiger partial charge in [-0.1, -0.05) is 106 Å². The normalized spacial score (nSPS) is 12.8. The van der Waals surface area contributed by atoms with Gasteiger partial charge in [-0.15, -0.1) is 0 Å². The van der Waals surface area contributed by atoms with Crippen LogP contribution in [0.3, 0.4) is 0 Å². The molecule has 1 aliphatic rings. The van der Waals surface area contributed by atoms with Crippen LogP contribution in [0.2, 0.25) is 0 Å². The third-order valence-corrected chi connectivity index (χ3v) is 8.73. The highest BCUT2D eigenvalue weighted by Crippen LogP contribution is 2.29. The van der Waals surface area contributed by atoms with Crippen LogP contribution in [0.25, 0.3) is 11.1 Å². The molecule has 1 unspecified atom stereocenters. The van der Waals surface area contributed by atoms with Gasteiger partial charge in [0.05, 0.1) is 30.4 Å². The van der Waals surface area contributed by atoms with Gasteiger partial charge in [0.25, 0.3) is 11.8 Å². The molecule has 0 spiro atoms. The molecule has 0 saturated carbocycles. The predicted octanol–water partition coefficient (Wildman–Crippen LogP) is 8.47. The van der Waals surface area contributed by atoms with Crippen molar-refractivity contribution in [1.82, 2.24) is 4.90 Å². The maximum absolute atomic E-state index is 13.4. The van der Waals surface area contributed by atoms with E-state index in [0.717, 1.165) is 33.8 Å². The average molecular weight is 662 g/mol. The van der Waals surface area contributed by atoms with Gasteiger partial charge in [0.1, 0.15) is 17.5 Å². The molecular weight excluding hydrogens is 618 g/mol. The molecule has 0 saturated heterocycles. The van der Waals surface area contributed by atoms with Crippen LogP contribution in [0, 0.1) is 0 Å². The van der Waals surface area contributed by atoms with Crippen LogP contribution in [0.15, 0.2) is 97.1 Å². The van der Waals surface area contributed by atoms with Gasteiger partial charge >= 0.3 is 11.9 Å². The van der Waals surface area contributed by atoms with E-state index in [9.17, 15) is 19.2 Å². The number of imide groups is 1. The smallest absolute Gasteiger partial charge is 0.343 e. The lowest BCUT2D eigenvalue weighted by Crippen LogP contribution is -2.46. The minimum Gasteiger partial charge on any atom is -0.494 e. The van der Waals surface area contributed by atoms with E-state index in [4.69, 9.17) is 14.2 Å². The summed E-state index contributed by atoms with van der Waals surface area (Å²) in [6, 6.07) is 27.1. The largest absolute Gasteiger partial charge is 0.494 e. The van der Waals surface area contributed by atoms with Crippen LogP contribution in [0.4, 0.5) is 0 Å². The van der Waals surface area contributed by atoms with Gasteiger partial charge < -0.3 is 14.2 Å². The van der Waals surface area contributed by atoms with Crippen molar-refractivity contribution >= 4 is 23.8 Å². The summed E-state index contributed by atoms with van der Waals surface area (Å²) in [4.78, 5) is 53.4. The number of hydrogen-bond acceptors (Lipinski definition) is 7. The Morgan fingerprint density at radius 3 is 1.90 bits per heavy atom. The van der Waals surface area contributed by atoms with Crippen molar-refractivity contribution in [2.75, 3.05) is 13.7 Å². The first kappa shape index (κ1) is 35.1. The Bertz CT molecular complexity index is 1730. The second kappa shape index (κ2) is 17.2. The zero-order valence-electron chi connectivity index (χ0n) is 28.2. The molecule has 1 aliphatic heterocycles. The van der Waals surface area contributed by atoms with Gasteiger partial charge in [-0.2, -0.15) is 0 Å². The van der Waals surface area contributed by atoms with E-state index in [2.05, 4.69) is 6.92 Å². The van der Waals surface area contributed by atoms with E-state index in [1.807, 2.05) is 54.6 Å². The number of rotatable bonds is 17. The maximum atomic E-state index is 13.4. The summed E-state index contributed by atoms with van der Waals surface area (Å²) in [5.74, 6) is -1.51. The number of carbonyl (C=O) groups excluding carboxylic acids is 4. The maximum Gasteiger partial charge on any atom is 0.343 e. The fourth-order valence-corrected chi connectivity index (χ4v) is 5.97. The zero-order chi connectivity index (χ0) is 34.6. The van der Waals surface area contributed by atoms with Crippen LogP contribution in [-0.4, -0.2) is 48.4 Å². The Labute approximate surface area is 288 Å². The molecule has 5 rings (SSSR count). The summed E-state index contributed by atoms with van der Waals surface area (Å²) in [7, 11) is 1.21. The van der Waals surface area contributed by atoms with Crippen molar-refractivity contribution in [3.8, 4) is 22.6 Å². The molecule has 49 heavy (non-hydrogen) atoms. The number of fused-ring (bicyclic) bond motifs is 1. The Hall–Kier alpha value is -5.24. The minimum absolute atomic E-state index is 0.0296. The molecule has 8 heteroatoms. The Kier molecular flexibility index (Phi) is 12.3. The molecule has 0 aromatic heterocycles. The lowest BCUT2D eigenvalue weighted by Gasteiger charge is -2.24. The highest BCUT2D eigenvalue weighted by molar-refractivity contribution is 6.23. The van der Waals surface area contributed by atoms with Crippen LogP contribution in [-0.2, 0) is 16.0 Å². The van der Waals surface area contributed by atoms with E-state index in [1.165, 1.54) is 70.3 Å². The fraction of sp³-hybridized carbons (Fsp3) is 0.317. The number of carbonyl (C=O) groups is 4. The van der Waals surface area contributed by atoms with Gasteiger partial charge in [-0.3, -0.25) is 14.5 Å². The van der Waals surface area contributed by atoms with Crippen molar-refractivity contribution < 1.29 is 33.4 Å². The number of methoxy groups -OCH3 is 1. The van der Waals surface area contributed by atoms with Crippen molar-refractivity contribution in [1.29, 1.82) is 0 Å². The molecule has 4 aromatic carbocycles. The monoisotopic (exact) mass is 661 g/mol. The zero-order valence-corrected chi connectivity index (χ0v) is 28.2. The fourth-order valence-electron chi connectivity index (χ4n) is 5.97. The number of hydrogen-bond donors (Lipinski definition) is 0. The summed E-state index contributed by atoms with van der Waals surface area (Å²) < 4.78 is 16.5. The highest BCUT2D eigenvalue weighted by Gasteiger charge is 2.43. The molecule has 254 valence electrons. The van der Waals surface area contributed by atoms with Crippen molar-refractivity contribution in [2.24, 2.45) is 0 Å². The van der Waals surface area contributed by atoms with Crippen molar-refractivity contribution in [2.45, 2.75) is 70.8 Å². The Balaban J connectivity index is 1.15. The summed E-state index contributed by atoms with van der Waals surface area (Å²) in [6.07, 6.45) is 10.2. The first-order valence-corrected chi connectivity index (χ1v) is 17.1. The molecule has 0 N–H and O–H groups in total. The van der Waals surface area contributed by atoms with Crippen LogP contribution < -0.4 is 9.47 Å². The van der Waals surface area contributed by atoms with Crippen LogP contribution in [0.1, 0.15) is 94.9 Å². The van der Waals surface area contributed by atoms with Crippen LogP contribution in [0.5, 0.6) is 11.5 Å². The SMILES string of the molecule is CCCCCCCCCCOc1ccc(-c2ccc(OC(=O)c3ccc4c(c3)C(=O)N(C(Cc3ccccc3)C(=O)OC)C4=O)cc2)cc1. The summed E-state index contributed by atoms with van der Waals surface area (Å²) in [5.41, 5.74) is 2.96. The van der Waals surface area contributed by atoms with E-state index in [-0.39, 0.29) is 23.1 Å². The topological polar surface area (TPSA) is 99.2 Å². The molecule has 4 aromatic rings. The number of esters is 2. The second-order valence-electron chi connectivity index (χ2n) is 12.2. The summed E-state index contributed by atoms with van der Waals surface area (Å²) >= 11 is 0. The van der Waals surface area contributed by atoms with Gasteiger partial charge in [-0.05, 0) is 65.6 Å². The lowest BCUT2D eigenvalue weighted by molar-refractivity contribution is -0.145. The van der Waals surface area contributed by atoms with E-state index in [1.54, 1.807) is 24.3 Å². The number of benzene rings is 4. The van der Waals surface area contributed by atoms with E-state index < -0.39 is 29.8 Å². The van der Waals surface area contributed by atoms with Crippen molar-refractivity contribution in [3.05, 3.63) is 119 Å². The van der Waals surface area contributed by atoms with Gasteiger partial charge in [0, 0.05) is 6.42 Å². The minimum atomic E-state index is -1.16. The van der Waals surface area contributed by atoms with Gasteiger partial charge in [0.15, 0.2) is 0 Å². The molecule has 0 radical (unpaired) electrons. The third kappa shape index (κ3) is 9.02. The molecule has 1 atom stereocenters. The molecule has 8 nitrogen and oxygen atoms in total. The molecule has 0 aliphatic carbocycles. The van der Waals surface area contributed by atoms with Gasteiger partial charge in [-0.25, -0.2) is 9.59 Å². The quantitative estimate of drug-likeness (QED) is 0.0484. The first-order chi connectivity index (χ1) is 23.9. The average Bonchev–Trinajstić information content (AvgIpc) is 3.38. The second-order valence-corrected chi connectivity index (χ2v) is 12.2. The number of nitrogens with zero attached hydrogens (tertiary/aromatic N) is 1. The lowest BCUT2D eigenvalue weighted by atomic mass is 10.0. The highest BCUT2D eigenvalue weighted by atomic mass is 16.5. The Morgan fingerprint density at radius 2 is 1.27 bits per heavy atom. The number of amides is 2. The van der Waals surface area contributed by atoms with Gasteiger partial charge in [0.2, 0.25) is 0 Å². The summed E-state index contributed by atoms with van der Waals surface area (Å²) in [6.45, 7) is 2.95. The third-order valence-electron chi connectivity index (χ3n) is 8.73. The molecule has 0 bridgehead atoms. The first-order valence-electron chi connectivity index (χ1n) is 17.1. The standard InChI is InChI=1S/C41H43NO7/c1-3-4-5-6-7-8-9-13-26-48-33-21-16-30(17-22-33)31-18-23-34(24-19-31)49-40(45)32-20-25-35-36(28-32)39(44)42(38(35)43)37(41(46)47-2)27-29-14-11-10-12-15-29/h10-12,14-25,28,37H,3-9,13,26-27H2,1-2H3. The molecule has 0 fully saturated rings. The summed E-state index contributed by atoms with van der Waals surface area (Å²) in [5, 5.41) is 0. The molecule has 1 heterocycles. The number of ether oxygens (including phenoxy) is 3. The van der Waals surface area contributed by atoms with Crippen molar-refractivity contribution in [3.63, 3.8) is 0 Å². The molecular formula is C41H43NO7.